The van der Waals surface area contributed by atoms with E-state index in [-0.39, 0.29) is 35.5 Å². The third-order valence-corrected chi connectivity index (χ3v) is 14.4. The molecule has 3 aromatic carbocycles. The van der Waals surface area contributed by atoms with Crippen LogP contribution in [0.4, 0.5) is 0 Å². The van der Waals surface area contributed by atoms with Gasteiger partial charge in [-0.05, 0) is 187 Å². The molecule has 4 saturated heterocycles. The van der Waals surface area contributed by atoms with Crippen LogP contribution in [0.1, 0.15) is 71.9 Å². The smallest absolute Gasteiger partial charge is 0.307 e. The van der Waals surface area contributed by atoms with Crippen molar-refractivity contribution < 1.29 is 29.7 Å². The molecule has 6 unspecified atom stereocenters. The molecule has 3 aromatic rings. The highest BCUT2D eigenvalue weighted by atomic mass is 16.4. The standard InChI is InChI=1S/C51H72N6O6/c58-49(59)46(43-13-16-52-31-43)28-37-7-1-10-40(25-37)34-55-19-4-21-56(35-41-11-2-8-38(26-41)29-47(50(60)61)44-14-17-53-32-44)23-6-24-57(22-5-20-55)36-42-12-3-9-39(27-42)30-48(51(62)63)45-15-18-54-33-45/h1-3,7-12,25-27,43-48,52-54H,4-6,13-24,28-36H2,(H,58,59)(H,60,61)(H,62,63). The SMILES string of the molecule is O=C(O)C(Cc1cccc(CN2CCCN(Cc3cccc(CC(C(=O)O)C4CCNC4)c3)CCCN(Cc3cccc(CC(C(=O)O)C4CCNC4)c3)CCC2)c1)C1CCNC1. The van der Waals surface area contributed by atoms with E-state index < -0.39 is 17.9 Å². The first-order valence-electron chi connectivity index (χ1n) is 23.9. The van der Waals surface area contributed by atoms with E-state index in [9.17, 15) is 29.7 Å². The van der Waals surface area contributed by atoms with Crippen LogP contribution < -0.4 is 16.0 Å². The summed E-state index contributed by atoms with van der Waals surface area (Å²) in [5, 5.41) is 40.4. The van der Waals surface area contributed by atoms with Gasteiger partial charge in [0.2, 0.25) is 0 Å². The maximum absolute atomic E-state index is 12.3. The molecule has 0 aliphatic carbocycles. The summed E-state index contributed by atoms with van der Waals surface area (Å²) in [6.07, 6.45) is 7.43. The fraction of sp³-hybridized carbons (Fsp3) is 0.588. The lowest BCUT2D eigenvalue weighted by Crippen LogP contribution is -2.36. The van der Waals surface area contributed by atoms with Crippen LogP contribution in [0.5, 0.6) is 0 Å². The van der Waals surface area contributed by atoms with Crippen LogP contribution in [0, 0.1) is 35.5 Å². The monoisotopic (exact) mass is 865 g/mol. The van der Waals surface area contributed by atoms with E-state index in [2.05, 4.69) is 103 Å². The Bertz CT molecular complexity index is 1700. The summed E-state index contributed by atoms with van der Waals surface area (Å²) in [6.45, 7) is 13.1. The van der Waals surface area contributed by atoms with Gasteiger partial charge in [0.25, 0.3) is 0 Å². The van der Waals surface area contributed by atoms with E-state index in [1.807, 2.05) is 0 Å². The van der Waals surface area contributed by atoms with Crippen LogP contribution in [-0.4, -0.2) is 126 Å². The number of nitrogens with one attached hydrogen (secondary N) is 3. The maximum atomic E-state index is 12.3. The van der Waals surface area contributed by atoms with Crippen LogP contribution in [0.2, 0.25) is 0 Å². The lowest BCUT2D eigenvalue weighted by molar-refractivity contribution is -0.144. The van der Waals surface area contributed by atoms with E-state index in [1.165, 1.54) is 16.7 Å². The Kier molecular flexibility index (Phi) is 17.6. The number of hydrogen-bond donors (Lipinski definition) is 6. The fourth-order valence-electron chi connectivity index (χ4n) is 10.9. The van der Waals surface area contributed by atoms with Crippen molar-refractivity contribution in [1.29, 1.82) is 0 Å². The normalized spacial score (nSPS) is 23.7. The minimum atomic E-state index is -0.707. The van der Waals surface area contributed by atoms with Gasteiger partial charge in [0.15, 0.2) is 0 Å². The number of aliphatic carboxylic acids is 3. The molecule has 12 nitrogen and oxygen atoms in total. The highest BCUT2D eigenvalue weighted by Crippen LogP contribution is 2.27. The van der Waals surface area contributed by atoms with Gasteiger partial charge in [-0.15, -0.1) is 0 Å². The topological polar surface area (TPSA) is 158 Å². The molecule has 4 fully saturated rings. The third kappa shape index (κ3) is 14.2. The van der Waals surface area contributed by atoms with E-state index in [1.54, 1.807) is 0 Å². The Labute approximate surface area is 374 Å². The molecule has 0 saturated carbocycles. The van der Waals surface area contributed by atoms with E-state index in [0.717, 1.165) is 153 Å². The molecule has 63 heavy (non-hydrogen) atoms. The van der Waals surface area contributed by atoms with Gasteiger partial charge < -0.3 is 31.3 Å². The number of nitrogens with zero attached hydrogens (tertiary/aromatic N) is 3. The van der Waals surface area contributed by atoms with Crippen LogP contribution in [0.3, 0.4) is 0 Å². The van der Waals surface area contributed by atoms with Gasteiger partial charge in [0, 0.05) is 19.6 Å². The quantitative estimate of drug-likeness (QED) is 0.0992. The first-order valence-corrected chi connectivity index (χ1v) is 23.9. The zero-order chi connectivity index (χ0) is 44.0. The van der Waals surface area contributed by atoms with Gasteiger partial charge in [-0.25, -0.2) is 0 Å². The van der Waals surface area contributed by atoms with E-state index in [0.29, 0.717) is 19.3 Å². The third-order valence-electron chi connectivity index (χ3n) is 14.4. The molecule has 342 valence electrons. The van der Waals surface area contributed by atoms with Gasteiger partial charge in [-0.3, -0.25) is 29.1 Å². The summed E-state index contributed by atoms with van der Waals surface area (Å²) in [5.74, 6) is -2.81. The van der Waals surface area contributed by atoms with Crippen molar-refractivity contribution >= 4 is 17.9 Å². The summed E-state index contributed by atoms with van der Waals surface area (Å²) < 4.78 is 0. The van der Waals surface area contributed by atoms with Gasteiger partial charge >= 0.3 is 17.9 Å². The number of carbonyl (C=O) groups is 3. The van der Waals surface area contributed by atoms with Crippen molar-refractivity contribution in [2.45, 2.75) is 77.4 Å². The van der Waals surface area contributed by atoms with Gasteiger partial charge in [0.05, 0.1) is 17.8 Å². The van der Waals surface area contributed by atoms with Gasteiger partial charge in [0.1, 0.15) is 0 Å². The molecular weight excluding hydrogens is 793 g/mol. The number of carboxylic acids is 3. The molecule has 0 spiro atoms. The molecule has 6 N–H and O–H groups in total. The lowest BCUT2D eigenvalue weighted by Gasteiger charge is -2.30. The number of benzene rings is 3. The number of carboxylic acid groups (broad SMARTS) is 3. The summed E-state index contributed by atoms with van der Waals surface area (Å²) in [7, 11) is 0. The molecule has 4 heterocycles. The van der Waals surface area contributed by atoms with Crippen molar-refractivity contribution in [2.75, 3.05) is 78.5 Å². The molecule has 4 aliphatic rings. The summed E-state index contributed by atoms with van der Waals surface area (Å²) in [5.41, 5.74) is 6.93. The summed E-state index contributed by atoms with van der Waals surface area (Å²) in [6, 6.07) is 25.7. The van der Waals surface area contributed by atoms with Crippen LogP contribution >= 0.6 is 0 Å². The van der Waals surface area contributed by atoms with E-state index >= 15 is 0 Å². The van der Waals surface area contributed by atoms with Crippen molar-refractivity contribution in [3.8, 4) is 0 Å². The molecule has 6 atom stereocenters. The van der Waals surface area contributed by atoms with E-state index in [4.69, 9.17) is 0 Å². The fourth-order valence-corrected chi connectivity index (χ4v) is 10.9. The predicted molar refractivity (Wildman–Crippen MR) is 246 cm³/mol. The highest BCUT2D eigenvalue weighted by molar-refractivity contribution is 5.72. The second kappa shape index (κ2) is 23.7. The predicted octanol–water partition coefficient (Wildman–Crippen LogP) is 5.24. The molecule has 0 amide bonds. The Balaban J connectivity index is 1.05. The van der Waals surface area contributed by atoms with Crippen molar-refractivity contribution in [3.05, 3.63) is 106 Å². The van der Waals surface area contributed by atoms with Gasteiger partial charge in [-0.1, -0.05) is 72.8 Å². The zero-order valence-corrected chi connectivity index (χ0v) is 37.3. The average Bonchev–Trinajstić information content (AvgIpc) is 4.09. The Morgan fingerprint density at radius 2 is 0.730 bits per heavy atom. The van der Waals surface area contributed by atoms with Crippen molar-refractivity contribution in [1.82, 2.24) is 30.7 Å². The number of rotatable bonds is 18. The molecular formula is C51H72N6O6. The minimum Gasteiger partial charge on any atom is -0.481 e. The molecule has 0 radical (unpaired) electrons. The molecule has 4 aliphatic heterocycles. The highest BCUT2D eigenvalue weighted by Gasteiger charge is 2.33. The Hall–Kier alpha value is -4.17. The minimum absolute atomic E-state index is 0.157. The molecule has 0 aromatic heterocycles. The number of hydrogen-bond acceptors (Lipinski definition) is 9. The van der Waals surface area contributed by atoms with Crippen LogP contribution in [0.15, 0.2) is 72.8 Å². The second-order valence-corrected chi connectivity index (χ2v) is 19.1. The lowest BCUT2D eigenvalue weighted by atomic mass is 9.86. The Morgan fingerprint density at radius 1 is 0.460 bits per heavy atom. The van der Waals surface area contributed by atoms with Crippen molar-refractivity contribution in [2.24, 2.45) is 35.5 Å². The second-order valence-electron chi connectivity index (χ2n) is 19.1. The Morgan fingerprint density at radius 3 is 0.968 bits per heavy atom. The van der Waals surface area contributed by atoms with Crippen LogP contribution in [0.25, 0.3) is 0 Å². The van der Waals surface area contributed by atoms with Crippen LogP contribution in [-0.2, 0) is 53.3 Å². The largest absolute Gasteiger partial charge is 0.481 e. The van der Waals surface area contributed by atoms with Crippen molar-refractivity contribution in [3.63, 3.8) is 0 Å². The zero-order valence-electron chi connectivity index (χ0n) is 37.3. The molecule has 12 heteroatoms. The molecule has 7 rings (SSSR count). The maximum Gasteiger partial charge on any atom is 0.307 e. The first-order chi connectivity index (χ1) is 30.7. The average molecular weight is 865 g/mol. The summed E-state index contributed by atoms with van der Waals surface area (Å²) in [4.78, 5) is 44.7. The summed E-state index contributed by atoms with van der Waals surface area (Å²) >= 11 is 0. The first kappa shape index (κ1) is 46.8. The van der Waals surface area contributed by atoms with Gasteiger partial charge in [-0.2, -0.15) is 0 Å². The molecule has 0 bridgehead atoms.